The molecule has 0 bridgehead atoms. The number of rotatable bonds is 3. The van der Waals surface area contributed by atoms with E-state index in [1.807, 2.05) is 41.0 Å². The SMILES string of the molecule is Cc1ccc(CC(=O)N2CCN(C3CC(=O)N(C)C3=O)CC2)cc1. The van der Waals surface area contributed by atoms with Gasteiger partial charge in [0.2, 0.25) is 17.7 Å². The molecule has 128 valence electrons. The standard InChI is InChI=1S/C18H23N3O3/c1-13-3-5-14(6-4-13)11-17(23)21-9-7-20(8-10-21)15-12-16(22)19(2)18(15)24/h3-6,15H,7-12H2,1-2H3. The van der Waals surface area contributed by atoms with Crippen LogP contribution in [0.5, 0.6) is 0 Å². The summed E-state index contributed by atoms with van der Waals surface area (Å²) in [7, 11) is 1.53. The first-order valence-corrected chi connectivity index (χ1v) is 8.33. The highest BCUT2D eigenvalue weighted by Gasteiger charge is 2.40. The maximum atomic E-state index is 12.4. The topological polar surface area (TPSA) is 60.9 Å². The lowest BCUT2D eigenvalue weighted by Gasteiger charge is -2.37. The van der Waals surface area contributed by atoms with Gasteiger partial charge >= 0.3 is 0 Å². The number of imide groups is 1. The van der Waals surface area contributed by atoms with Crippen LogP contribution >= 0.6 is 0 Å². The van der Waals surface area contributed by atoms with Crippen LogP contribution in [0, 0.1) is 6.92 Å². The Labute approximate surface area is 142 Å². The molecule has 1 atom stereocenters. The second kappa shape index (κ2) is 6.73. The van der Waals surface area contributed by atoms with Crippen molar-refractivity contribution in [3.63, 3.8) is 0 Å². The number of benzene rings is 1. The first kappa shape index (κ1) is 16.6. The predicted octanol–water partition coefficient (Wildman–Crippen LogP) is 0.439. The number of amides is 3. The number of likely N-dealkylation sites (N-methyl/N-ethyl adjacent to an activating group) is 1. The zero-order valence-corrected chi connectivity index (χ0v) is 14.2. The van der Waals surface area contributed by atoms with Crippen molar-refractivity contribution in [3.8, 4) is 0 Å². The van der Waals surface area contributed by atoms with Crippen molar-refractivity contribution < 1.29 is 14.4 Å². The lowest BCUT2D eigenvalue weighted by Crippen LogP contribution is -2.53. The molecule has 2 aliphatic rings. The van der Waals surface area contributed by atoms with Gasteiger partial charge in [-0.15, -0.1) is 0 Å². The summed E-state index contributed by atoms with van der Waals surface area (Å²) in [5.74, 6) is -0.133. The third kappa shape index (κ3) is 3.33. The fraction of sp³-hybridized carbons (Fsp3) is 0.500. The molecule has 24 heavy (non-hydrogen) atoms. The molecule has 1 unspecified atom stereocenters. The first-order valence-electron chi connectivity index (χ1n) is 8.33. The molecule has 2 heterocycles. The number of hydrogen-bond acceptors (Lipinski definition) is 4. The maximum Gasteiger partial charge on any atom is 0.246 e. The van der Waals surface area contributed by atoms with E-state index < -0.39 is 0 Å². The molecule has 6 heteroatoms. The Morgan fingerprint density at radius 3 is 2.25 bits per heavy atom. The van der Waals surface area contributed by atoms with Crippen LogP contribution < -0.4 is 0 Å². The molecule has 0 N–H and O–H groups in total. The zero-order valence-electron chi connectivity index (χ0n) is 14.2. The second-order valence-corrected chi connectivity index (χ2v) is 6.59. The van der Waals surface area contributed by atoms with Gasteiger partial charge in [0.25, 0.3) is 0 Å². The van der Waals surface area contributed by atoms with Crippen LogP contribution in [0.25, 0.3) is 0 Å². The number of nitrogens with zero attached hydrogens (tertiary/aromatic N) is 3. The Bertz CT molecular complexity index is 648. The summed E-state index contributed by atoms with van der Waals surface area (Å²) in [4.78, 5) is 41.2. The molecule has 0 aliphatic carbocycles. The summed E-state index contributed by atoms with van der Waals surface area (Å²) in [6.45, 7) is 4.50. The van der Waals surface area contributed by atoms with Gasteiger partial charge in [-0.05, 0) is 12.5 Å². The summed E-state index contributed by atoms with van der Waals surface area (Å²) < 4.78 is 0. The van der Waals surface area contributed by atoms with E-state index in [0.717, 1.165) is 5.56 Å². The Hall–Kier alpha value is -2.21. The number of carbonyl (C=O) groups is 3. The van der Waals surface area contributed by atoms with Crippen LogP contribution in [0.4, 0.5) is 0 Å². The smallest absolute Gasteiger partial charge is 0.246 e. The van der Waals surface area contributed by atoms with Gasteiger partial charge in [-0.3, -0.25) is 24.2 Å². The van der Waals surface area contributed by atoms with E-state index in [0.29, 0.717) is 32.6 Å². The number of carbonyl (C=O) groups excluding carboxylic acids is 3. The van der Waals surface area contributed by atoms with Crippen molar-refractivity contribution in [1.29, 1.82) is 0 Å². The third-order valence-electron chi connectivity index (χ3n) is 4.94. The molecule has 3 rings (SSSR count). The molecular formula is C18H23N3O3. The molecule has 0 saturated carbocycles. The van der Waals surface area contributed by atoms with Gasteiger partial charge in [0, 0.05) is 33.2 Å². The average Bonchev–Trinajstić information content (AvgIpc) is 2.84. The van der Waals surface area contributed by atoms with Crippen molar-refractivity contribution >= 4 is 17.7 Å². The van der Waals surface area contributed by atoms with E-state index >= 15 is 0 Å². The van der Waals surface area contributed by atoms with E-state index in [1.54, 1.807) is 0 Å². The summed E-state index contributed by atoms with van der Waals surface area (Å²) in [5.41, 5.74) is 2.20. The van der Waals surface area contributed by atoms with Crippen LogP contribution in [-0.4, -0.2) is 71.7 Å². The minimum Gasteiger partial charge on any atom is -0.340 e. The monoisotopic (exact) mass is 329 g/mol. The van der Waals surface area contributed by atoms with Crippen LogP contribution in [0.2, 0.25) is 0 Å². The molecule has 1 aromatic rings. The van der Waals surface area contributed by atoms with Crippen molar-refractivity contribution in [2.24, 2.45) is 0 Å². The number of piperazine rings is 1. The molecule has 2 saturated heterocycles. The molecular weight excluding hydrogens is 306 g/mol. The van der Waals surface area contributed by atoms with Crippen molar-refractivity contribution in [1.82, 2.24) is 14.7 Å². The van der Waals surface area contributed by atoms with E-state index in [2.05, 4.69) is 0 Å². The van der Waals surface area contributed by atoms with Gasteiger partial charge in [-0.25, -0.2) is 0 Å². The van der Waals surface area contributed by atoms with Crippen LogP contribution in [-0.2, 0) is 20.8 Å². The van der Waals surface area contributed by atoms with Crippen molar-refractivity contribution in [3.05, 3.63) is 35.4 Å². The largest absolute Gasteiger partial charge is 0.340 e. The molecule has 3 amide bonds. The van der Waals surface area contributed by atoms with Gasteiger partial charge in [0.05, 0.1) is 18.9 Å². The van der Waals surface area contributed by atoms with Crippen LogP contribution in [0.3, 0.4) is 0 Å². The lowest BCUT2D eigenvalue weighted by molar-refractivity contribution is -0.138. The zero-order chi connectivity index (χ0) is 17.3. The minimum absolute atomic E-state index is 0.115. The quantitative estimate of drug-likeness (QED) is 0.755. The van der Waals surface area contributed by atoms with E-state index in [1.165, 1.54) is 17.5 Å². The van der Waals surface area contributed by atoms with Gasteiger partial charge < -0.3 is 4.90 Å². The summed E-state index contributed by atoms with van der Waals surface area (Å²) >= 11 is 0. The Balaban J connectivity index is 1.53. The van der Waals surface area contributed by atoms with Gasteiger partial charge in [-0.2, -0.15) is 0 Å². The molecule has 1 aromatic carbocycles. The highest BCUT2D eigenvalue weighted by Crippen LogP contribution is 2.19. The molecule has 0 spiro atoms. The fourth-order valence-electron chi connectivity index (χ4n) is 3.30. The molecule has 6 nitrogen and oxygen atoms in total. The van der Waals surface area contributed by atoms with E-state index in [9.17, 15) is 14.4 Å². The van der Waals surface area contributed by atoms with E-state index in [-0.39, 0.29) is 30.2 Å². The summed E-state index contributed by atoms with van der Waals surface area (Å²) in [5, 5.41) is 0. The average molecular weight is 329 g/mol. The van der Waals surface area contributed by atoms with Crippen molar-refractivity contribution in [2.45, 2.75) is 25.8 Å². The predicted molar refractivity (Wildman–Crippen MR) is 89.2 cm³/mol. The molecule has 2 aliphatic heterocycles. The summed E-state index contributed by atoms with van der Waals surface area (Å²) in [6.07, 6.45) is 0.663. The second-order valence-electron chi connectivity index (χ2n) is 6.59. The molecule has 0 aromatic heterocycles. The highest BCUT2D eigenvalue weighted by molar-refractivity contribution is 6.05. The first-order chi connectivity index (χ1) is 11.5. The van der Waals surface area contributed by atoms with Gasteiger partial charge in [-0.1, -0.05) is 29.8 Å². The molecule has 2 fully saturated rings. The van der Waals surface area contributed by atoms with Gasteiger partial charge in [0.1, 0.15) is 0 Å². The van der Waals surface area contributed by atoms with Gasteiger partial charge in [0.15, 0.2) is 0 Å². The van der Waals surface area contributed by atoms with Crippen LogP contribution in [0.15, 0.2) is 24.3 Å². The molecule has 0 radical (unpaired) electrons. The fourth-order valence-corrected chi connectivity index (χ4v) is 3.30. The number of likely N-dealkylation sites (tertiary alicyclic amines) is 1. The third-order valence-corrected chi connectivity index (χ3v) is 4.94. The van der Waals surface area contributed by atoms with Crippen molar-refractivity contribution in [2.75, 3.05) is 33.2 Å². The number of hydrogen-bond donors (Lipinski definition) is 0. The highest BCUT2D eigenvalue weighted by atomic mass is 16.2. The Morgan fingerprint density at radius 1 is 1.08 bits per heavy atom. The minimum atomic E-state index is -0.350. The Kier molecular flexibility index (Phi) is 4.66. The van der Waals surface area contributed by atoms with Crippen LogP contribution in [0.1, 0.15) is 17.5 Å². The maximum absolute atomic E-state index is 12.4. The number of aryl methyl sites for hydroxylation is 1. The Morgan fingerprint density at radius 2 is 1.71 bits per heavy atom. The lowest BCUT2D eigenvalue weighted by atomic mass is 10.1. The van der Waals surface area contributed by atoms with E-state index in [4.69, 9.17) is 0 Å². The normalized spacial score (nSPS) is 22.3. The summed E-state index contributed by atoms with van der Waals surface area (Å²) in [6, 6.07) is 7.65.